The molecule has 1 N–H and O–H groups in total. The number of hydrogen-bond donors (Lipinski definition) is 1. The van der Waals surface area contributed by atoms with Gasteiger partial charge in [0, 0.05) is 5.39 Å². The van der Waals surface area contributed by atoms with Gasteiger partial charge < -0.3 is 9.15 Å². The third-order valence-corrected chi connectivity index (χ3v) is 7.40. The summed E-state index contributed by atoms with van der Waals surface area (Å²) in [5, 5.41) is 2.20. The van der Waals surface area contributed by atoms with E-state index in [4.69, 9.17) is 9.15 Å². The molecule has 0 saturated carbocycles. The minimum atomic E-state index is -3.71. The first kappa shape index (κ1) is 20.2. The largest absolute Gasteiger partial charge is 0.460 e. The summed E-state index contributed by atoms with van der Waals surface area (Å²) in [4.78, 5) is 12.8. The van der Waals surface area contributed by atoms with Crippen molar-refractivity contribution in [3.8, 4) is 0 Å². The van der Waals surface area contributed by atoms with Gasteiger partial charge in [0.1, 0.15) is 27.7 Å². The van der Waals surface area contributed by atoms with Crippen LogP contribution < -0.4 is 4.72 Å². The topological polar surface area (TPSA) is 85.6 Å². The lowest BCUT2D eigenvalue weighted by Gasteiger charge is -2.10. The molecule has 0 spiro atoms. The molecule has 0 bridgehead atoms. The Hall–Kier alpha value is -3.10. The van der Waals surface area contributed by atoms with Crippen molar-refractivity contribution in [2.24, 2.45) is 0 Å². The first-order valence-electron chi connectivity index (χ1n) is 9.16. The molecule has 0 amide bonds. The molecule has 0 atom stereocenters. The normalized spacial score (nSPS) is 11.5. The van der Waals surface area contributed by atoms with E-state index >= 15 is 0 Å². The van der Waals surface area contributed by atoms with Gasteiger partial charge in [-0.2, -0.15) is 0 Å². The van der Waals surface area contributed by atoms with E-state index in [0.29, 0.717) is 28.0 Å². The molecule has 2 aromatic heterocycles. The van der Waals surface area contributed by atoms with E-state index in [1.807, 2.05) is 30.3 Å². The van der Waals surface area contributed by atoms with E-state index in [1.54, 1.807) is 37.4 Å². The molecule has 0 fully saturated rings. The van der Waals surface area contributed by atoms with E-state index in [-0.39, 0.29) is 16.4 Å². The van der Waals surface area contributed by atoms with Gasteiger partial charge >= 0.3 is 5.97 Å². The minimum Gasteiger partial charge on any atom is -0.460 e. The summed E-state index contributed by atoms with van der Waals surface area (Å²) in [5.41, 5.74) is 2.72. The minimum absolute atomic E-state index is 0.134. The van der Waals surface area contributed by atoms with Crippen LogP contribution in [0.1, 0.15) is 27.2 Å². The van der Waals surface area contributed by atoms with Crippen LogP contribution in [-0.4, -0.2) is 14.4 Å². The van der Waals surface area contributed by atoms with Gasteiger partial charge in [0.15, 0.2) is 0 Å². The number of sulfonamides is 1. The maximum absolute atomic E-state index is 12.8. The summed E-state index contributed by atoms with van der Waals surface area (Å²) in [6.45, 7) is 3.59. The fraction of sp³-hybridized carbons (Fsp3) is 0.136. The molecule has 0 saturated heterocycles. The maximum atomic E-state index is 12.8. The van der Waals surface area contributed by atoms with Crippen LogP contribution in [0.4, 0.5) is 5.69 Å². The summed E-state index contributed by atoms with van der Waals surface area (Å²) in [7, 11) is -3.71. The number of rotatable bonds is 6. The summed E-state index contributed by atoms with van der Waals surface area (Å²) in [6.07, 6.45) is 0. The lowest BCUT2D eigenvalue weighted by atomic mass is 10.1. The van der Waals surface area contributed by atoms with Crippen molar-refractivity contribution in [3.05, 3.63) is 82.4 Å². The number of furan rings is 1. The zero-order valence-corrected chi connectivity index (χ0v) is 18.0. The number of anilines is 1. The standard InChI is InChI=1S/C22H19NO5S2/c1-14-11-19-17(12-18(14)23-30(25,26)20-9-6-10-29-20)21(15(2)28-19)22(24)27-13-16-7-4-3-5-8-16/h3-12,23H,13H2,1-2H3. The van der Waals surface area contributed by atoms with Crippen molar-refractivity contribution in [2.45, 2.75) is 24.7 Å². The highest BCUT2D eigenvalue weighted by Crippen LogP contribution is 2.32. The van der Waals surface area contributed by atoms with Crippen molar-refractivity contribution < 1.29 is 22.4 Å². The van der Waals surface area contributed by atoms with Gasteiger partial charge in [0.2, 0.25) is 0 Å². The first-order chi connectivity index (χ1) is 14.3. The lowest BCUT2D eigenvalue weighted by molar-refractivity contribution is 0.0473. The Morgan fingerprint density at radius 3 is 2.57 bits per heavy atom. The van der Waals surface area contributed by atoms with Crippen LogP contribution in [-0.2, 0) is 21.4 Å². The molecule has 0 aliphatic heterocycles. The number of esters is 1. The number of thiophene rings is 1. The van der Waals surface area contributed by atoms with E-state index in [2.05, 4.69) is 4.72 Å². The van der Waals surface area contributed by atoms with Gasteiger partial charge in [-0.05, 0) is 48.6 Å². The number of nitrogens with one attached hydrogen (secondary N) is 1. The van der Waals surface area contributed by atoms with Gasteiger partial charge in [-0.1, -0.05) is 36.4 Å². The summed E-state index contributed by atoms with van der Waals surface area (Å²) >= 11 is 1.13. The van der Waals surface area contributed by atoms with Crippen molar-refractivity contribution in [2.75, 3.05) is 4.72 Å². The zero-order chi connectivity index (χ0) is 21.3. The SMILES string of the molecule is Cc1cc2oc(C)c(C(=O)OCc3ccccc3)c2cc1NS(=O)(=O)c1cccs1. The molecule has 2 heterocycles. The molecular formula is C22H19NO5S2. The van der Waals surface area contributed by atoms with Crippen LogP contribution >= 0.6 is 11.3 Å². The third kappa shape index (κ3) is 3.96. The number of carbonyl (C=O) groups excluding carboxylic acids is 1. The molecule has 0 unspecified atom stereocenters. The van der Waals surface area contributed by atoms with E-state index in [9.17, 15) is 13.2 Å². The van der Waals surface area contributed by atoms with Crippen LogP contribution in [0.5, 0.6) is 0 Å². The summed E-state index contributed by atoms with van der Waals surface area (Å²) in [6, 6.07) is 15.9. The van der Waals surface area contributed by atoms with E-state index < -0.39 is 16.0 Å². The maximum Gasteiger partial charge on any atom is 0.342 e. The number of carbonyl (C=O) groups is 1. The van der Waals surface area contributed by atoms with Crippen LogP contribution in [0.25, 0.3) is 11.0 Å². The average Bonchev–Trinajstić information content (AvgIpc) is 3.35. The molecule has 30 heavy (non-hydrogen) atoms. The van der Waals surface area contributed by atoms with Gasteiger partial charge in [0.05, 0.1) is 5.69 Å². The lowest BCUT2D eigenvalue weighted by Crippen LogP contribution is -2.12. The van der Waals surface area contributed by atoms with Gasteiger partial charge in [0.25, 0.3) is 10.0 Å². The fourth-order valence-corrected chi connectivity index (χ4v) is 5.25. The van der Waals surface area contributed by atoms with Crippen molar-refractivity contribution in [3.63, 3.8) is 0 Å². The van der Waals surface area contributed by atoms with Crippen LogP contribution in [0, 0.1) is 13.8 Å². The molecule has 4 rings (SSSR count). The quantitative estimate of drug-likeness (QED) is 0.412. The number of fused-ring (bicyclic) bond motifs is 1. The Morgan fingerprint density at radius 1 is 1.10 bits per heavy atom. The van der Waals surface area contributed by atoms with Crippen molar-refractivity contribution in [1.29, 1.82) is 0 Å². The van der Waals surface area contributed by atoms with Crippen LogP contribution in [0.15, 0.2) is 68.6 Å². The summed E-state index contributed by atoms with van der Waals surface area (Å²) < 4.78 is 39.2. The zero-order valence-electron chi connectivity index (χ0n) is 16.3. The Balaban J connectivity index is 1.67. The number of aryl methyl sites for hydroxylation is 2. The highest BCUT2D eigenvalue weighted by molar-refractivity contribution is 7.94. The molecule has 154 valence electrons. The number of benzene rings is 2. The average molecular weight is 442 g/mol. The second kappa shape index (κ2) is 7.97. The van der Waals surface area contributed by atoms with Crippen LogP contribution in [0.3, 0.4) is 0 Å². The summed E-state index contributed by atoms with van der Waals surface area (Å²) in [5.74, 6) is -0.105. The predicted octanol–water partition coefficient (Wildman–Crippen LogP) is 5.27. The van der Waals surface area contributed by atoms with Crippen molar-refractivity contribution >= 4 is 44.0 Å². The highest BCUT2D eigenvalue weighted by Gasteiger charge is 2.23. The Bertz CT molecular complexity index is 1310. The molecule has 2 aromatic carbocycles. The smallest absolute Gasteiger partial charge is 0.342 e. The first-order valence-corrected chi connectivity index (χ1v) is 11.5. The molecule has 4 aromatic rings. The Labute approximate surface area is 178 Å². The number of hydrogen-bond acceptors (Lipinski definition) is 6. The molecule has 0 radical (unpaired) electrons. The van der Waals surface area contributed by atoms with Crippen molar-refractivity contribution in [1.82, 2.24) is 0 Å². The van der Waals surface area contributed by atoms with E-state index in [1.165, 1.54) is 6.07 Å². The second-order valence-electron chi connectivity index (χ2n) is 6.80. The molecule has 0 aliphatic carbocycles. The fourth-order valence-electron chi connectivity index (χ4n) is 3.14. The van der Waals surface area contributed by atoms with Crippen LogP contribution in [0.2, 0.25) is 0 Å². The van der Waals surface area contributed by atoms with Gasteiger partial charge in [-0.3, -0.25) is 4.72 Å². The second-order valence-corrected chi connectivity index (χ2v) is 9.65. The third-order valence-electron chi connectivity index (χ3n) is 4.63. The predicted molar refractivity (Wildman–Crippen MR) is 116 cm³/mol. The Morgan fingerprint density at radius 2 is 1.87 bits per heavy atom. The molecular weight excluding hydrogens is 422 g/mol. The molecule has 8 heteroatoms. The number of ether oxygens (including phenoxy) is 1. The van der Waals surface area contributed by atoms with Gasteiger partial charge in [-0.25, -0.2) is 13.2 Å². The van der Waals surface area contributed by atoms with E-state index in [0.717, 1.165) is 16.9 Å². The molecule has 6 nitrogen and oxygen atoms in total. The molecule has 0 aliphatic rings. The Kier molecular flexibility index (Phi) is 5.36. The highest BCUT2D eigenvalue weighted by atomic mass is 32.2. The van der Waals surface area contributed by atoms with Gasteiger partial charge in [-0.15, -0.1) is 11.3 Å². The monoisotopic (exact) mass is 441 g/mol.